The average molecular weight is 532 g/mol. The van der Waals surface area contributed by atoms with Crippen molar-refractivity contribution < 1.29 is 13.9 Å². The Hall–Kier alpha value is -4.08. The van der Waals surface area contributed by atoms with E-state index in [9.17, 15) is 9.18 Å². The molecule has 0 radical (unpaired) electrons. The molecule has 39 heavy (non-hydrogen) atoms. The van der Waals surface area contributed by atoms with Crippen LogP contribution in [0, 0.1) is 5.82 Å². The number of carbonyl (C=O) groups excluding carboxylic acids is 1. The van der Waals surface area contributed by atoms with Gasteiger partial charge in [0.05, 0.1) is 23.6 Å². The van der Waals surface area contributed by atoms with Gasteiger partial charge in [0, 0.05) is 30.8 Å². The van der Waals surface area contributed by atoms with Crippen LogP contribution in [0.3, 0.4) is 0 Å². The van der Waals surface area contributed by atoms with Crippen LogP contribution >= 0.6 is 0 Å². The highest BCUT2D eigenvalue weighted by atomic mass is 19.1. The molecule has 1 aliphatic rings. The summed E-state index contributed by atoms with van der Waals surface area (Å²) in [6.07, 6.45) is 3.84. The number of rotatable bonds is 6. The minimum atomic E-state index is -0.503. The van der Waals surface area contributed by atoms with E-state index in [1.165, 1.54) is 12.1 Å². The highest BCUT2D eigenvalue weighted by molar-refractivity contribution is 5.68. The number of hydrogen-bond acceptors (Lipinski definition) is 7. The lowest BCUT2D eigenvalue weighted by atomic mass is 9.93. The number of aromatic nitrogens is 5. The first kappa shape index (κ1) is 26.5. The number of likely N-dealkylation sites (tertiary alicyclic amines) is 1. The molecule has 4 heterocycles. The van der Waals surface area contributed by atoms with Crippen molar-refractivity contribution in [2.45, 2.75) is 65.0 Å². The van der Waals surface area contributed by atoms with Crippen LogP contribution in [0.2, 0.25) is 0 Å². The molecular weight excluding hydrogens is 497 g/mol. The monoisotopic (exact) mass is 531 g/mol. The molecule has 10 heteroatoms. The lowest BCUT2D eigenvalue weighted by Gasteiger charge is -2.33. The van der Waals surface area contributed by atoms with Crippen LogP contribution < -0.4 is 5.32 Å². The van der Waals surface area contributed by atoms with E-state index in [2.05, 4.69) is 22.2 Å². The summed E-state index contributed by atoms with van der Waals surface area (Å²) < 4.78 is 20.7. The molecule has 3 aromatic heterocycles. The van der Waals surface area contributed by atoms with Gasteiger partial charge in [-0.05, 0) is 82.5 Å². The highest BCUT2D eigenvalue weighted by Gasteiger charge is 2.28. The molecule has 1 amide bonds. The number of amides is 1. The predicted octanol–water partition coefficient (Wildman–Crippen LogP) is 5.61. The average Bonchev–Trinajstić information content (AvgIpc) is 3.28. The molecule has 9 nitrogen and oxygen atoms in total. The summed E-state index contributed by atoms with van der Waals surface area (Å²) in [4.78, 5) is 28.0. The SMILES string of the molecule is CCc1nc2ccc(C3CCN(C(=O)OC(C)(C)C)CC3)nn2c1NCc1ccnc(-c2ccc(F)cc2)n1. The lowest BCUT2D eigenvalue weighted by Crippen LogP contribution is -2.41. The predicted molar refractivity (Wildman–Crippen MR) is 147 cm³/mol. The van der Waals surface area contributed by atoms with Crippen LogP contribution in [-0.4, -0.2) is 54.2 Å². The van der Waals surface area contributed by atoms with Crippen LogP contribution in [0.4, 0.5) is 15.0 Å². The smallest absolute Gasteiger partial charge is 0.410 e. The number of piperidine rings is 1. The van der Waals surface area contributed by atoms with Gasteiger partial charge in [0.15, 0.2) is 17.3 Å². The first-order valence-electron chi connectivity index (χ1n) is 13.4. The summed E-state index contributed by atoms with van der Waals surface area (Å²) in [6, 6.07) is 12.0. The zero-order valence-corrected chi connectivity index (χ0v) is 22.8. The van der Waals surface area contributed by atoms with E-state index in [0.29, 0.717) is 25.5 Å². The van der Waals surface area contributed by atoms with E-state index >= 15 is 0 Å². The fraction of sp³-hybridized carbons (Fsp3) is 0.414. The fourth-order valence-corrected chi connectivity index (χ4v) is 4.73. The maximum atomic E-state index is 13.3. The van der Waals surface area contributed by atoms with E-state index in [4.69, 9.17) is 14.8 Å². The normalized spacial score (nSPS) is 14.5. The van der Waals surface area contributed by atoms with Crippen molar-refractivity contribution in [1.29, 1.82) is 0 Å². The van der Waals surface area contributed by atoms with Gasteiger partial charge in [0.1, 0.15) is 11.4 Å². The van der Waals surface area contributed by atoms with Gasteiger partial charge in [-0.1, -0.05) is 6.92 Å². The van der Waals surface area contributed by atoms with Gasteiger partial charge in [-0.25, -0.2) is 24.1 Å². The van der Waals surface area contributed by atoms with E-state index in [1.54, 1.807) is 23.2 Å². The van der Waals surface area contributed by atoms with Gasteiger partial charge >= 0.3 is 6.09 Å². The molecule has 0 bridgehead atoms. The van der Waals surface area contributed by atoms with Gasteiger partial charge in [-0.2, -0.15) is 9.61 Å². The molecular formula is C29H34FN7O2. The van der Waals surface area contributed by atoms with Gasteiger partial charge < -0.3 is 15.0 Å². The Morgan fingerprint density at radius 2 is 1.82 bits per heavy atom. The van der Waals surface area contributed by atoms with Crippen molar-refractivity contribution in [2.24, 2.45) is 0 Å². The van der Waals surface area contributed by atoms with Gasteiger partial charge in [-0.3, -0.25) is 0 Å². The lowest BCUT2D eigenvalue weighted by molar-refractivity contribution is 0.0204. The number of nitrogens with zero attached hydrogens (tertiary/aromatic N) is 6. The number of benzene rings is 1. The van der Waals surface area contributed by atoms with E-state index in [1.807, 2.05) is 43.5 Å². The second-order valence-electron chi connectivity index (χ2n) is 10.8. The number of halogens is 1. The number of nitrogens with one attached hydrogen (secondary N) is 1. The van der Waals surface area contributed by atoms with Crippen molar-refractivity contribution in [3.63, 3.8) is 0 Å². The van der Waals surface area contributed by atoms with Crippen molar-refractivity contribution in [1.82, 2.24) is 29.5 Å². The number of fused-ring (bicyclic) bond motifs is 1. The Morgan fingerprint density at radius 1 is 1.08 bits per heavy atom. The molecule has 0 atom stereocenters. The third-order valence-electron chi connectivity index (χ3n) is 6.72. The number of ether oxygens (including phenoxy) is 1. The minimum absolute atomic E-state index is 0.244. The number of aryl methyl sites for hydroxylation is 1. The molecule has 0 spiro atoms. The van der Waals surface area contributed by atoms with Crippen molar-refractivity contribution in [2.75, 3.05) is 18.4 Å². The van der Waals surface area contributed by atoms with Crippen LogP contribution in [0.15, 0.2) is 48.7 Å². The molecule has 1 N–H and O–H groups in total. The van der Waals surface area contributed by atoms with Gasteiger partial charge in [0.25, 0.3) is 0 Å². The molecule has 204 valence electrons. The van der Waals surface area contributed by atoms with Gasteiger partial charge in [-0.15, -0.1) is 0 Å². The molecule has 0 unspecified atom stereocenters. The van der Waals surface area contributed by atoms with E-state index in [-0.39, 0.29) is 17.8 Å². The number of carbonyl (C=O) groups is 1. The second kappa shape index (κ2) is 11.0. The second-order valence-corrected chi connectivity index (χ2v) is 10.8. The largest absolute Gasteiger partial charge is 0.444 e. The number of anilines is 1. The summed E-state index contributed by atoms with van der Waals surface area (Å²) in [6.45, 7) is 9.44. The maximum Gasteiger partial charge on any atom is 0.410 e. The molecule has 1 saturated heterocycles. The third kappa shape index (κ3) is 6.16. The molecule has 1 fully saturated rings. The highest BCUT2D eigenvalue weighted by Crippen LogP contribution is 2.29. The molecule has 4 aromatic rings. The Bertz CT molecular complexity index is 1460. The van der Waals surface area contributed by atoms with Crippen molar-refractivity contribution in [3.05, 3.63) is 71.6 Å². The van der Waals surface area contributed by atoms with Crippen LogP contribution in [-0.2, 0) is 17.7 Å². The van der Waals surface area contributed by atoms with Crippen LogP contribution in [0.25, 0.3) is 17.0 Å². The Kier molecular flexibility index (Phi) is 7.45. The number of hydrogen-bond donors (Lipinski definition) is 1. The Morgan fingerprint density at radius 3 is 2.51 bits per heavy atom. The molecule has 0 aliphatic carbocycles. The van der Waals surface area contributed by atoms with Crippen LogP contribution in [0.1, 0.15) is 63.5 Å². The summed E-state index contributed by atoms with van der Waals surface area (Å²) in [7, 11) is 0. The molecule has 0 saturated carbocycles. The van der Waals surface area contributed by atoms with E-state index in [0.717, 1.165) is 53.4 Å². The summed E-state index contributed by atoms with van der Waals surface area (Å²) in [5.74, 6) is 1.33. The fourth-order valence-electron chi connectivity index (χ4n) is 4.73. The Balaban J connectivity index is 1.31. The van der Waals surface area contributed by atoms with E-state index < -0.39 is 5.60 Å². The quantitative estimate of drug-likeness (QED) is 0.345. The zero-order chi connectivity index (χ0) is 27.6. The molecule has 5 rings (SSSR count). The summed E-state index contributed by atoms with van der Waals surface area (Å²) in [5, 5.41) is 8.45. The molecule has 1 aromatic carbocycles. The first-order valence-corrected chi connectivity index (χ1v) is 13.4. The third-order valence-corrected chi connectivity index (χ3v) is 6.72. The topological polar surface area (TPSA) is 97.5 Å². The minimum Gasteiger partial charge on any atom is -0.444 e. The zero-order valence-electron chi connectivity index (χ0n) is 22.8. The van der Waals surface area contributed by atoms with Crippen molar-refractivity contribution in [3.8, 4) is 11.4 Å². The van der Waals surface area contributed by atoms with Gasteiger partial charge in [0.2, 0.25) is 0 Å². The molecule has 1 aliphatic heterocycles. The Labute approximate surface area is 227 Å². The van der Waals surface area contributed by atoms with Crippen LogP contribution in [0.5, 0.6) is 0 Å². The summed E-state index contributed by atoms with van der Waals surface area (Å²) in [5.41, 5.74) is 3.73. The first-order chi connectivity index (χ1) is 18.7. The van der Waals surface area contributed by atoms with Crippen molar-refractivity contribution >= 4 is 17.6 Å². The summed E-state index contributed by atoms with van der Waals surface area (Å²) >= 11 is 0. The number of imidazole rings is 1. The maximum absolute atomic E-state index is 13.3. The standard InChI is InChI=1S/C29H34FN7O2/c1-5-23-27(32-18-22-12-15-31-26(33-22)20-6-8-21(30)9-7-20)37-25(34-23)11-10-24(35-37)19-13-16-36(17-14-19)28(38)39-29(2,3)4/h6-12,15,19,32H,5,13-14,16-18H2,1-4H3.